The largest absolute Gasteiger partial charge is 0.332 e. The van der Waals surface area contributed by atoms with Crippen molar-refractivity contribution < 1.29 is 9.59 Å². The van der Waals surface area contributed by atoms with Crippen LogP contribution in [0.1, 0.15) is 36.1 Å². The van der Waals surface area contributed by atoms with Gasteiger partial charge in [0.25, 0.3) is 0 Å². The van der Waals surface area contributed by atoms with Crippen molar-refractivity contribution in [2.24, 2.45) is 0 Å². The van der Waals surface area contributed by atoms with Crippen molar-refractivity contribution in [2.45, 2.75) is 25.8 Å². The van der Waals surface area contributed by atoms with Crippen LogP contribution in [0, 0.1) is 0 Å². The molecule has 0 radical (unpaired) electrons. The van der Waals surface area contributed by atoms with Crippen molar-refractivity contribution in [1.29, 1.82) is 0 Å². The Labute approximate surface area is 170 Å². The third-order valence-corrected chi connectivity index (χ3v) is 5.87. The third-order valence-electron chi connectivity index (χ3n) is 5.64. The molecular weight excluding hydrogens is 372 g/mol. The molecule has 144 valence electrons. The lowest BCUT2D eigenvalue weighted by Gasteiger charge is -2.44. The fraction of sp³-hybridized carbons (Fsp3) is 0.304. The molecule has 4 rings (SSSR count). The molecule has 0 aromatic heterocycles. The fourth-order valence-corrected chi connectivity index (χ4v) is 4.32. The number of piperazine rings is 1. The lowest BCUT2D eigenvalue weighted by molar-refractivity contribution is -0.147. The molecule has 1 unspecified atom stereocenters. The van der Waals surface area contributed by atoms with E-state index in [0.717, 1.165) is 29.5 Å². The maximum atomic E-state index is 13.0. The van der Waals surface area contributed by atoms with Gasteiger partial charge in [0.2, 0.25) is 11.8 Å². The van der Waals surface area contributed by atoms with Crippen LogP contribution in [0.2, 0.25) is 5.02 Å². The Balaban J connectivity index is 1.61. The maximum Gasteiger partial charge on any atom is 0.247 e. The van der Waals surface area contributed by atoms with Crippen LogP contribution in [0.15, 0.2) is 54.6 Å². The molecule has 2 amide bonds. The molecule has 1 atom stereocenters. The van der Waals surface area contributed by atoms with Gasteiger partial charge < -0.3 is 9.80 Å². The van der Waals surface area contributed by atoms with Crippen molar-refractivity contribution in [3.05, 3.63) is 76.3 Å². The Hall–Kier alpha value is -2.59. The first-order valence-electron chi connectivity index (χ1n) is 9.69. The third kappa shape index (κ3) is 3.57. The zero-order valence-electron chi connectivity index (χ0n) is 15.9. The minimum absolute atomic E-state index is 0.00128. The van der Waals surface area contributed by atoms with Gasteiger partial charge in [-0.25, -0.2) is 0 Å². The van der Waals surface area contributed by atoms with E-state index in [2.05, 4.69) is 0 Å². The average molecular weight is 395 g/mol. The molecule has 1 fully saturated rings. The zero-order chi connectivity index (χ0) is 19.7. The maximum absolute atomic E-state index is 13.0. The number of hydrogen-bond donors (Lipinski definition) is 0. The van der Waals surface area contributed by atoms with E-state index < -0.39 is 0 Å². The standard InChI is InChI=1S/C23H23ClN2O2/c1-2-16(17-6-4-3-5-7-17)12-22(27)25-14-21-20-13-19(24)9-8-18(20)10-11-26(21)23(28)15-25/h3-9,12-13,21H,2,10-11,14-15H2,1H3/b16-12+. The average Bonchev–Trinajstić information content (AvgIpc) is 2.72. The molecule has 2 aromatic carbocycles. The molecule has 2 heterocycles. The minimum atomic E-state index is -0.122. The number of carbonyl (C=O) groups excluding carboxylic acids is 2. The van der Waals surface area contributed by atoms with Crippen LogP contribution in [0.5, 0.6) is 0 Å². The first kappa shape index (κ1) is 18.8. The van der Waals surface area contributed by atoms with Crippen molar-refractivity contribution in [2.75, 3.05) is 19.6 Å². The van der Waals surface area contributed by atoms with E-state index in [1.54, 1.807) is 11.0 Å². The second-order valence-electron chi connectivity index (χ2n) is 7.30. The molecule has 28 heavy (non-hydrogen) atoms. The van der Waals surface area contributed by atoms with Crippen molar-refractivity contribution in [3.63, 3.8) is 0 Å². The van der Waals surface area contributed by atoms with Gasteiger partial charge in [-0.15, -0.1) is 0 Å². The van der Waals surface area contributed by atoms with E-state index in [4.69, 9.17) is 11.6 Å². The van der Waals surface area contributed by atoms with Crippen LogP contribution in [0.3, 0.4) is 0 Å². The highest BCUT2D eigenvalue weighted by Gasteiger charge is 2.38. The fourth-order valence-electron chi connectivity index (χ4n) is 4.14. The summed E-state index contributed by atoms with van der Waals surface area (Å²) in [5.41, 5.74) is 4.29. The van der Waals surface area contributed by atoms with Crippen LogP contribution in [0.25, 0.3) is 5.57 Å². The van der Waals surface area contributed by atoms with Gasteiger partial charge >= 0.3 is 0 Å². The van der Waals surface area contributed by atoms with Crippen LogP contribution in [0.4, 0.5) is 0 Å². The number of benzene rings is 2. The number of halogens is 1. The zero-order valence-corrected chi connectivity index (χ0v) is 16.7. The molecule has 0 saturated carbocycles. The number of amides is 2. The van der Waals surface area contributed by atoms with Crippen LogP contribution in [-0.2, 0) is 16.0 Å². The first-order chi connectivity index (χ1) is 13.6. The van der Waals surface area contributed by atoms with Crippen LogP contribution < -0.4 is 0 Å². The van der Waals surface area contributed by atoms with Gasteiger partial charge in [-0.3, -0.25) is 9.59 Å². The highest BCUT2D eigenvalue weighted by atomic mass is 35.5. The summed E-state index contributed by atoms with van der Waals surface area (Å²) in [7, 11) is 0. The van der Waals surface area contributed by atoms with Gasteiger partial charge in [0.15, 0.2) is 0 Å². The first-order valence-corrected chi connectivity index (χ1v) is 10.1. The van der Waals surface area contributed by atoms with Gasteiger partial charge in [0.1, 0.15) is 6.54 Å². The molecule has 1 saturated heterocycles. The van der Waals surface area contributed by atoms with Crippen molar-refractivity contribution >= 4 is 29.0 Å². The second kappa shape index (κ2) is 7.80. The summed E-state index contributed by atoms with van der Waals surface area (Å²) >= 11 is 6.21. The molecule has 2 aliphatic heterocycles. The number of allylic oxidation sites excluding steroid dienone is 1. The lowest BCUT2D eigenvalue weighted by Crippen LogP contribution is -2.55. The topological polar surface area (TPSA) is 40.6 Å². The molecule has 0 N–H and O–H groups in total. The van der Waals surface area contributed by atoms with Crippen LogP contribution in [-0.4, -0.2) is 41.2 Å². The Morgan fingerprint density at radius 3 is 2.75 bits per heavy atom. The molecule has 0 spiro atoms. The number of hydrogen-bond acceptors (Lipinski definition) is 2. The summed E-state index contributed by atoms with van der Waals surface area (Å²) < 4.78 is 0. The molecule has 4 nitrogen and oxygen atoms in total. The van der Waals surface area contributed by atoms with E-state index in [1.807, 2.05) is 60.4 Å². The van der Waals surface area contributed by atoms with Gasteiger partial charge in [-0.1, -0.05) is 54.9 Å². The van der Waals surface area contributed by atoms with Gasteiger partial charge in [0, 0.05) is 24.2 Å². The highest BCUT2D eigenvalue weighted by Crippen LogP contribution is 2.35. The van der Waals surface area contributed by atoms with Gasteiger partial charge in [0.05, 0.1) is 6.04 Å². The SMILES string of the molecule is CC/C(=C\C(=O)N1CC(=O)N2CCc3ccc(Cl)cc3C2C1)c1ccccc1. The molecule has 5 heteroatoms. The van der Waals surface area contributed by atoms with Gasteiger partial charge in [-0.2, -0.15) is 0 Å². The molecule has 0 bridgehead atoms. The second-order valence-corrected chi connectivity index (χ2v) is 7.74. The van der Waals surface area contributed by atoms with E-state index in [1.165, 1.54) is 5.56 Å². The predicted molar refractivity (Wildman–Crippen MR) is 111 cm³/mol. The number of rotatable bonds is 3. The molecular formula is C23H23ClN2O2. The summed E-state index contributed by atoms with van der Waals surface area (Å²) in [5, 5.41) is 0.661. The Bertz CT molecular complexity index is 939. The number of fused-ring (bicyclic) bond motifs is 3. The summed E-state index contributed by atoms with van der Waals surface area (Å²) in [6.45, 7) is 3.36. The molecule has 0 aliphatic carbocycles. The predicted octanol–water partition coefficient (Wildman–Crippen LogP) is 4.10. The smallest absolute Gasteiger partial charge is 0.247 e. The Morgan fingerprint density at radius 2 is 2.00 bits per heavy atom. The van der Waals surface area contributed by atoms with E-state index in [0.29, 0.717) is 18.1 Å². The van der Waals surface area contributed by atoms with E-state index in [-0.39, 0.29) is 24.4 Å². The highest BCUT2D eigenvalue weighted by molar-refractivity contribution is 6.30. The van der Waals surface area contributed by atoms with E-state index in [9.17, 15) is 9.59 Å². The summed E-state index contributed by atoms with van der Waals surface area (Å²) in [5.74, 6) is -0.107. The van der Waals surface area contributed by atoms with Crippen molar-refractivity contribution in [3.8, 4) is 0 Å². The van der Waals surface area contributed by atoms with Crippen molar-refractivity contribution in [1.82, 2.24) is 9.80 Å². The Kier molecular flexibility index (Phi) is 5.23. The quantitative estimate of drug-likeness (QED) is 0.735. The summed E-state index contributed by atoms with van der Waals surface area (Å²) in [6, 6.07) is 15.6. The molecule has 2 aliphatic rings. The minimum Gasteiger partial charge on any atom is -0.332 e. The van der Waals surface area contributed by atoms with Gasteiger partial charge in [-0.05, 0) is 47.2 Å². The monoisotopic (exact) mass is 394 g/mol. The lowest BCUT2D eigenvalue weighted by atomic mass is 9.90. The number of carbonyl (C=O) groups is 2. The van der Waals surface area contributed by atoms with Crippen LogP contribution >= 0.6 is 11.6 Å². The van der Waals surface area contributed by atoms with E-state index >= 15 is 0 Å². The number of nitrogens with zero attached hydrogens (tertiary/aromatic N) is 2. The Morgan fingerprint density at radius 1 is 1.21 bits per heavy atom. The molecule has 2 aromatic rings. The normalized spacial score (nSPS) is 19.3. The summed E-state index contributed by atoms with van der Waals surface area (Å²) in [4.78, 5) is 29.3. The summed E-state index contributed by atoms with van der Waals surface area (Å²) in [6.07, 6.45) is 3.27.